The van der Waals surface area contributed by atoms with Gasteiger partial charge in [-0.25, -0.2) is 16.8 Å². The molecule has 0 N–H and O–H groups in total. The van der Waals surface area contributed by atoms with E-state index in [1.54, 1.807) is 0 Å². The van der Waals surface area contributed by atoms with Crippen molar-refractivity contribution in [2.75, 3.05) is 0 Å². The molecule has 0 spiro atoms. The van der Waals surface area contributed by atoms with Crippen LogP contribution < -0.4 is 9.47 Å². The second-order valence-corrected chi connectivity index (χ2v) is 14.4. The normalized spacial score (nSPS) is 11.2. The first-order chi connectivity index (χ1) is 23.0. The molecule has 0 fully saturated rings. The van der Waals surface area contributed by atoms with Gasteiger partial charge >= 0.3 is 37.7 Å². The monoisotopic (exact) mass is 734 g/mol. The summed E-state index contributed by atoms with van der Waals surface area (Å²) >= 11 is 0. The Bertz CT molecular complexity index is 1580. The average molecular weight is 735 g/mol. The zero-order chi connectivity index (χ0) is 34.8. The number of ether oxygens (including phenoxy) is 2. The van der Waals surface area contributed by atoms with Crippen LogP contribution in [0, 0.1) is 0 Å². The molecule has 0 bridgehead atoms. The van der Waals surface area contributed by atoms with E-state index in [-0.39, 0.29) is 47.5 Å². The van der Waals surface area contributed by atoms with Crippen molar-refractivity contribution < 1.29 is 35.4 Å². The van der Waals surface area contributed by atoms with Crippen molar-refractivity contribution in [3.63, 3.8) is 0 Å². The van der Waals surface area contributed by atoms with Crippen LogP contribution in [0.4, 0.5) is 0 Å². The molecule has 0 heterocycles. The molecule has 0 radical (unpaired) electrons. The van der Waals surface area contributed by atoms with Gasteiger partial charge in [0.25, 0.3) is 0 Å². The maximum atomic E-state index is 10.9. The average Bonchev–Trinajstić information content (AvgIpc) is 3.06. The van der Waals surface area contributed by atoms with Gasteiger partial charge in [0.1, 0.15) is 43.2 Å². The van der Waals surface area contributed by atoms with Crippen LogP contribution in [0.5, 0.6) is 23.0 Å². The zero-order valence-electron chi connectivity index (χ0n) is 28.5. The summed E-state index contributed by atoms with van der Waals surface area (Å²) in [6.07, 6.45) is 14.8. The van der Waals surface area contributed by atoms with Crippen LogP contribution in [-0.2, 0) is 33.1 Å². The van der Waals surface area contributed by atoms with Gasteiger partial charge in [-0.05, 0) is 110 Å². The van der Waals surface area contributed by atoms with Crippen molar-refractivity contribution in [2.45, 2.75) is 101 Å². The quantitative estimate of drug-likeness (QED) is 0.0561. The van der Waals surface area contributed by atoms with Gasteiger partial charge in [0.15, 0.2) is 0 Å². The van der Waals surface area contributed by atoms with Crippen LogP contribution in [-0.4, -0.2) is 63.7 Å². The predicted molar refractivity (Wildman–Crippen MR) is 193 cm³/mol. The molecule has 8 nitrogen and oxygen atoms in total. The van der Waals surface area contributed by atoms with E-state index >= 15 is 0 Å². The Morgan fingerprint density at radius 3 is 0.959 bits per heavy atom. The largest absolute Gasteiger partial charge is 2.00 e. The summed E-state index contributed by atoms with van der Waals surface area (Å²) in [4.78, 5) is -0.512. The minimum atomic E-state index is -4.42. The number of hydrogen-bond acceptors (Lipinski definition) is 8. The summed E-state index contributed by atoms with van der Waals surface area (Å²) in [5.74, 6) is 2.36. The van der Waals surface area contributed by atoms with E-state index in [9.17, 15) is 25.9 Å². The molecule has 0 aliphatic rings. The van der Waals surface area contributed by atoms with Gasteiger partial charge in [-0.1, -0.05) is 89.5 Å². The van der Waals surface area contributed by atoms with Gasteiger partial charge in [0.2, 0.25) is 0 Å². The number of rotatable bonds is 18. The molecule has 0 atom stereocenters. The second kappa shape index (κ2) is 22.4. The first kappa shape index (κ1) is 42.7. The van der Waals surface area contributed by atoms with Gasteiger partial charge in [0, 0.05) is 0 Å². The molecule has 0 aliphatic heterocycles. The molecule has 0 saturated heterocycles. The Kier molecular flexibility index (Phi) is 19.5. The molecular weight excluding hydrogens is 689 g/mol. The molecule has 4 rings (SSSR count). The summed E-state index contributed by atoms with van der Waals surface area (Å²) in [6, 6.07) is 26.7. The minimum Gasteiger partial charge on any atom is -0.744 e. The molecule has 260 valence electrons. The fourth-order valence-corrected chi connectivity index (χ4v) is 5.87. The van der Waals surface area contributed by atoms with Crippen molar-refractivity contribution in [3.8, 4) is 23.0 Å². The molecule has 4 aromatic carbocycles. The summed E-state index contributed by atoms with van der Waals surface area (Å²) < 4.78 is 76.7. The zero-order valence-corrected chi connectivity index (χ0v) is 32.4. The molecule has 4 aromatic rings. The van der Waals surface area contributed by atoms with Gasteiger partial charge in [-0.3, -0.25) is 0 Å². The number of unbranched alkanes of at least 4 members (excludes halogenated alkanes) is 8. The van der Waals surface area contributed by atoms with E-state index in [2.05, 4.69) is 13.8 Å². The van der Waals surface area contributed by atoms with Crippen molar-refractivity contribution in [3.05, 3.63) is 108 Å². The molecule has 49 heavy (non-hydrogen) atoms. The van der Waals surface area contributed by atoms with E-state index < -0.39 is 20.2 Å². The fraction of sp³-hybridized carbons (Fsp3) is 0.368. The van der Waals surface area contributed by atoms with Crippen molar-refractivity contribution in [1.82, 2.24) is 0 Å². The van der Waals surface area contributed by atoms with Crippen LogP contribution >= 0.6 is 0 Å². The van der Waals surface area contributed by atoms with Gasteiger partial charge in [-0.15, -0.1) is 0 Å². The third-order valence-corrected chi connectivity index (χ3v) is 9.38. The first-order valence-corrected chi connectivity index (χ1v) is 19.4. The topological polar surface area (TPSA) is 133 Å². The summed E-state index contributed by atoms with van der Waals surface area (Å²) in [7, 11) is -8.84. The van der Waals surface area contributed by atoms with Gasteiger partial charge < -0.3 is 18.6 Å². The Hall–Kier alpha value is -2.44. The SMILES string of the molecule is CCCCCCCc1ccc(Oc2ccc(S(=O)(=O)[O-])cc2)cc1.CCCCCCCc1ccc(Oc2ccc(S(=O)(=O)[O-])cc2)cc1.[Ca+2]. The molecule has 0 amide bonds. The third-order valence-electron chi connectivity index (χ3n) is 7.68. The second-order valence-electron chi connectivity index (χ2n) is 11.7. The fourth-order valence-electron chi connectivity index (χ4n) is 4.93. The number of benzene rings is 4. The third kappa shape index (κ3) is 16.9. The van der Waals surface area contributed by atoms with Crippen molar-refractivity contribution in [1.29, 1.82) is 0 Å². The van der Waals surface area contributed by atoms with Crippen molar-refractivity contribution >= 4 is 58.0 Å². The summed E-state index contributed by atoms with van der Waals surface area (Å²) in [5.41, 5.74) is 2.57. The Labute approximate surface area is 322 Å². The van der Waals surface area contributed by atoms with Crippen LogP contribution in [0.15, 0.2) is 107 Å². The molecule has 0 unspecified atom stereocenters. The van der Waals surface area contributed by atoms with E-state index in [1.807, 2.05) is 48.5 Å². The van der Waals surface area contributed by atoms with Crippen LogP contribution in [0.3, 0.4) is 0 Å². The Morgan fingerprint density at radius 1 is 0.429 bits per heavy atom. The molecule has 0 aliphatic carbocycles. The number of hydrogen-bond donors (Lipinski definition) is 0. The molecule has 0 aromatic heterocycles. The van der Waals surface area contributed by atoms with E-state index in [4.69, 9.17) is 9.47 Å². The smallest absolute Gasteiger partial charge is 0.744 e. The Balaban J connectivity index is 0.000000333. The maximum absolute atomic E-state index is 10.9. The molecule has 11 heteroatoms. The van der Waals surface area contributed by atoms with Gasteiger partial charge in [0.05, 0.1) is 9.79 Å². The molecular formula is C38H46CaO8S2. The minimum absolute atomic E-state index is 0. The molecule has 0 saturated carbocycles. The standard InChI is InChI=1S/2C19H24O4S.Ca/c2*1-2-3-4-5-6-7-16-8-10-17(11-9-16)23-18-12-14-19(15-13-18)24(20,21)22;/h2*8-15H,2-7H2,1H3,(H,20,21,22);/q;;+2/p-2. The van der Waals surface area contributed by atoms with E-state index in [0.717, 1.165) is 12.8 Å². The van der Waals surface area contributed by atoms with Crippen LogP contribution in [0.1, 0.15) is 89.2 Å². The van der Waals surface area contributed by atoms with Crippen LogP contribution in [0.2, 0.25) is 0 Å². The van der Waals surface area contributed by atoms with Gasteiger partial charge in [-0.2, -0.15) is 0 Å². The van der Waals surface area contributed by atoms with Crippen LogP contribution in [0.25, 0.3) is 0 Å². The Morgan fingerprint density at radius 2 is 0.694 bits per heavy atom. The summed E-state index contributed by atoms with van der Waals surface area (Å²) in [6.45, 7) is 4.43. The maximum Gasteiger partial charge on any atom is 2.00 e. The summed E-state index contributed by atoms with van der Waals surface area (Å²) in [5, 5.41) is 0. The number of aryl methyl sites for hydroxylation is 2. The predicted octanol–water partition coefficient (Wildman–Crippen LogP) is 9.41. The van der Waals surface area contributed by atoms with E-state index in [1.165, 1.54) is 124 Å². The van der Waals surface area contributed by atoms with E-state index in [0.29, 0.717) is 23.0 Å². The first-order valence-electron chi connectivity index (χ1n) is 16.6. The van der Waals surface area contributed by atoms with Crippen molar-refractivity contribution in [2.24, 2.45) is 0 Å².